The Labute approximate surface area is 119 Å². The molecule has 2 heterocycles. The first-order chi connectivity index (χ1) is 10.1. The topological polar surface area (TPSA) is 85.1 Å². The molecule has 0 aliphatic heterocycles. The molecule has 0 unspecified atom stereocenters. The normalized spacial score (nSPS) is 10.7. The summed E-state index contributed by atoms with van der Waals surface area (Å²) < 4.78 is 1.45. The number of carbonyl (C=O) groups is 1. The molecule has 0 aliphatic rings. The standard InChI is InChI=1S/C15H11N3O3/c19-14-12-5-4-10(15(20)21)7-13(12)17-9-18(14)8-11-3-1-2-6-16-11/h1-7,9H,8H2,(H,20,21). The number of rotatable bonds is 3. The van der Waals surface area contributed by atoms with Gasteiger partial charge in [0.1, 0.15) is 0 Å². The SMILES string of the molecule is O=C(O)c1ccc2c(=O)n(Cc3ccccn3)cnc2c1. The van der Waals surface area contributed by atoms with Crippen LogP contribution in [0.1, 0.15) is 16.1 Å². The largest absolute Gasteiger partial charge is 0.478 e. The van der Waals surface area contributed by atoms with Gasteiger partial charge in [0.15, 0.2) is 0 Å². The van der Waals surface area contributed by atoms with E-state index in [4.69, 9.17) is 5.11 Å². The molecule has 104 valence electrons. The van der Waals surface area contributed by atoms with Crippen LogP contribution in [0.5, 0.6) is 0 Å². The van der Waals surface area contributed by atoms with Crippen molar-refractivity contribution in [2.75, 3.05) is 0 Å². The lowest BCUT2D eigenvalue weighted by atomic mass is 10.1. The Bertz CT molecular complexity index is 872. The summed E-state index contributed by atoms with van der Waals surface area (Å²) in [5.41, 5.74) is 1.01. The molecule has 3 aromatic rings. The summed E-state index contributed by atoms with van der Waals surface area (Å²) in [6, 6.07) is 9.76. The Hall–Kier alpha value is -3.02. The number of pyridine rings is 1. The maximum Gasteiger partial charge on any atom is 0.335 e. The van der Waals surface area contributed by atoms with Crippen molar-refractivity contribution in [3.8, 4) is 0 Å². The summed E-state index contributed by atoms with van der Waals surface area (Å²) in [7, 11) is 0. The van der Waals surface area contributed by atoms with Gasteiger partial charge in [-0.3, -0.25) is 14.3 Å². The summed E-state index contributed by atoms with van der Waals surface area (Å²) in [5.74, 6) is -1.05. The van der Waals surface area contributed by atoms with Gasteiger partial charge < -0.3 is 5.11 Å². The number of carboxylic acids is 1. The first-order valence-electron chi connectivity index (χ1n) is 6.27. The third-order valence-corrected chi connectivity index (χ3v) is 3.13. The molecule has 0 amide bonds. The van der Waals surface area contributed by atoms with E-state index in [9.17, 15) is 9.59 Å². The van der Waals surface area contributed by atoms with Crippen molar-refractivity contribution in [1.82, 2.24) is 14.5 Å². The van der Waals surface area contributed by atoms with Gasteiger partial charge in [-0.2, -0.15) is 0 Å². The van der Waals surface area contributed by atoms with Gasteiger partial charge >= 0.3 is 5.97 Å². The molecule has 3 rings (SSSR count). The van der Waals surface area contributed by atoms with E-state index in [1.165, 1.54) is 29.1 Å². The van der Waals surface area contributed by atoms with Gasteiger partial charge in [-0.05, 0) is 30.3 Å². The van der Waals surface area contributed by atoms with Gasteiger partial charge in [0.25, 0.3) is 5.56 Å². The average Bonchev–Trinajstić information content (AvgIpc) is 2.51. The smallest absolute Gasteiger partial charge is 0.335 e. The molecule has 6 heteroatoms. The van der Waals surface area contributed by atoms with Crippen LogP contribution in [0.25, 0.3) is 10.9 Å². The number of aromatic carboxylic acids is 1. The summed E-state index contributed by atoms with van der Waals surface area (Å²) in [6.45, 7) is 0.323. The van der Waals surface area contributed by atoms with Gasteiger partial charge in [0.05, 0.1) is 35.0 Å². The van der Waals surface area contributed by atoms with Crippen molar-refractivity contribution in [1.29, 1.82) is 0 Å². The zero-order valence-corrected chi connectivity index (χ0v) is 10.9. The number of nitrogens with zero attached hydrogens (tertiary/aromatic N) is 3. The van der Waals surface area contributed by atoms with Crippen LogP contribution in [-0.4, -0.2) is 25.6 Å². The fourth-order valence-electron chi connectivity index (χ4n) is 2.07. The lowest BCUT2D eigenvalue weighted by molar-refractivity contribution is 0.0697. The van der Waals surface area contributed by atoms with E-state index in [0.717, 1.165) is 5.69 Å². The van der Waals surface area contributed by atoms with Gasteiger partial charge in [-0.1, -0.05) is 6.07 Å². The minimum atomic E-state index is -1.05. The Balaban J connectivity index is 2.06. The quantitative estimate of drug-likeness (QED) is 0.787. The van der Waals surface area contributed by atoms with Gasteiger partial charge in [-0.15, -0.1) is 0 Å². The van der Waals surface area contributed by atoms with Crippen LogP contribution in [-0.2, 0) is 6.54 Å². The van der Waals surface area contributed by atoms with Crippen molar-refractivity contribution in [2.45, 2.75) is 6.54 Å². The molecule has 0 fully saturated rings. The zero-order valence-electron chi connectivity index (χ0n) is 10.9. The first-order valence-corrected chi connectivity index (χ1v) is 6.27. The van der Waals surface area contributed by atoms with E-state index in [2.05, 4.69) is 9.97 Å². The Morgan fingerprint density at radius 2 is 2.05 bits per heavy atom. The number of carboxylic acid groups (broad SMARTS) is 1. The van der Waals surface area contributed by atoms with Crippen LogP contribution in [0.3, 0.4) is 0 Å². The van der Waals surface area contributed by atoms with E-state index in [1.54, 1.807) is 12.3 Å². The lowest BCUT2D eigenvalue weighted by Gasteiger charge is -2.06. The molecule has 21 heavy (non-hydrogen) atoms. The Morgan fingerprint density at radius 1 is 1.19 bits per heavy atom. The Morgan fingerprint density at radius 3 is 2.76 bits per heavy atom. The van der Waals surface area contributed by atoms with Crippen molar-refractivity contribution in [3.63, 3.8) is 0 Å². The van der Waals surface area contributed by atoms with Crippen LogP contribution in [0, 0.1) is 0 Å². The fourth-order valence-corrected chi connectivity index (χ4v) is 2.07. The van der Waals surface area contributed by atoms with Crippen LogP contribution >= 0.6 is 0 Å². The minimum Gasteiger partial charge on any atom is -0.478 e. The van der Waals surface area contributed by atoms with Crippen LogP contribution < -0.4 is 5.56 Å². The molecular weight excluding hydrogens is 270 g/mol. The van der Waals surface area contributed by atoms with Crippen LogP contribution in [0.2, 0.25) is 0 Å². The number of aromatic nitrogens is 3. The number of benzene rings is 1. The molecule has 2 aromatic heterocycles. The fraction of sp³-hybridized carbons (Fsp3) is 0.0667. The second kappa shape index (κ2) is 5.16. The summed E-state index contributed by atoms with van der Waals surface area (Å²) in [6.07, 6.45) is 3.07. The monoisotopic (exact) mass is 281 g/mol. The molecule has 0 atom stereocenters. The van der Waals surface area contributed by atoms with Gasteiger partial charge in [0.2, 0.25) is 0 Å². The Kier molecular flexibility index (Phi) is 3.19. The maximum absolute atomic E-state index is 12.4. The van der Waals surface area contributed by atoms with Gasteiger partial charge in [-0.25, -0.2) is 9.78 Å². The van der Waals surface area contributed by atoms with Crippen LogP contribution in [0.4, 0.5) is 0 Å². The van der Waals surface area contributed by atoms with E-state index >= 15 is 0 Å². The van der Waals surface area contributed by atoms with E-state index < -0.39 is 5.97 Å². The third-order valence-electron chi connectivity index (χ3n) is 3.13. The molecule has 1 N–H and O–H groups in total. The molecule has 0 bridgehead atoms. The van der Waals surface area contributed by atoms with E-state index in [-0.39, 0.29) is 11.1 Å². The minimum absolute atomic E-state index is 0.108. The lowest BCUT2D eigenvalue weighted by Crippen LogP contribution is -2.21. The number of fused-ring (bicyclic) bond motifs is 1. The number of hydrogen-bond donors (Lipinski definition) is 1. The highest BCUT2D eigenvalue weighted by Crippen LogP contribution is 2.10. The molecule has 0 radical (unpaired) electrons. The summed E-state index contributed by atoms with van der Waals surface area (Å²) in [4.78, 5) is 31.6. The van der Waals surface area contributed by atoms with Crippen LogP contribution in [0.15, 0.2) is 53.7 Å². The van der Waals surface area contributed by atoms with E-state index in [0.29, 0.717) is 17.4 Å². The second-order valence-corrected chi connectivity index (χ2v) is 4.54. The second-order valence-electron chi connectivity index (χ2n) is 4.54. The van der Waals surface area contributed by atoms with Crippen molar-refractivity contribution in [2.24, 2.45) is 0 Å². The highest BCUT2D eigenvalue weighted by molar-refractivity contribution is 5.92. The maximum atomic E-state index is 12.4. The molecule has 0 aliphatic carbocycles. The summed E-state index contributed by atoms with van der Waals surface area (Å²) >= 11 is 0. The molecule has 0 saturated carbocycles. The van der Waals surface area contributed by atoms with Crippen molar-refractivity contribution >= 4 is 16.9 Å². The predicted molar refractivity (Wildman–Crippen MR) is 76.3 cm³/mol. The van der Waals surface area contributed by atoms with Gasteiger partial charge in [0, 0.05) is 6.20 Å². The molecule has 0 spiro atoms. The molecule has 6 nitrogen and oxygen atoms in total. The highest BCUT2D eigenvalue weighted by atomic mass is 16.4. The molecular formula is C15H11N3O3. The zero-order chi connectivity index (χ0) is 14.8. The highest BCUT2D eigenvalue weighted by Gasteiger charge is 2.08. The average molecular weight is 281 g/mol. The number of hydrogen-bond acceptors (Lipinski definition) is 4. The molecule has 1 aromatic carbocycles. The first kappa shape index (κ1) is 13.0. The third kappa shape index (κ3) is 2.51. The van der Waals surface area contributed by atoms with E-state index in [1.807, 2.05) is 12.1 Å². The van der Waals surface area contributed by atoms with Crippen molar-refractivity contribution < 1.29 is 9.90 Å². The molecule has 0 saturated heterocycles. The predicted octanol–water partition coefficient (Wildman–Crippen LogP) is 1.54. The van der Waals surface area contributed by atoms with Crippen molar-refractivity contribution in [3.05, 3.63) is 70.5 Å². The summed E-state index contributed by atoms with van der Waals surface area (Å²) in [5, 5.41) is 9.33.